The molecule has 0 saturated carbocycles. The molecule has 60 valence electrons. The Labute approximate surface area is 58.3 Å². The molecule has 1 aliphatic heterocycles. The van der Waals surface area contributed by atoms with Gasteiger partial charge in [0.1, 0.15) is 0 Å². The first-order valence-electron chi connectivity index (χ1n) is 2.90. The van der Waals surface area contributed by atoms with Crippen LogP contribution in [-0.4, -0.2) is 24.4 Å². The highest BCUT2D eigenvalue weighted by atomic mass is 17.3. The molecule has 0 aliphatic carbocycles. The van der Waals surface area contributed by atoms with Crippen LogP contribution in [0.4, 0.5) is 0 Å². The van der Waals surface area contributed by atoms with Gasteiger partial charge in [-0.2, -0.15) is 4.89 Å². The third-order valence-electron chi connectivity index (χ3n) is 1.33. The van der Waals surface area contributed by atoms with Gasteiger partial charge in [-0.15, -0.1) is 0 Å². The fourth-order valence-electron chi connectivity index (χ4n) is 0.701. The van der Waals surface area contributed by atoms with E-state index in [-0.39, 0.29) is 0 Å². The largest absolute Gasteiger partial charge is 0.353 e. The Bertz CT molecular complexity index is 117. The summed E-state index contributed by atoms with van der Waals surface area (Å²) in [5.74, 6) is -1.08. The molecule has 1 rings (SSSR count). The fourth-order valence-corrected chi connectivity index (χ4v) is 0.701. The van der Waals surface area contributed by atoms with E-state index in [0.717, 1.165) is 0 Å². The molecule has 0 unspecified atom stereocenters. The summed E-state index contributed by atoms with van der Waals surface area (Å²) < 4.78 is 4.77. The Hall–Kier alpha value is -0.200. The van der Waals surface area contributed by atoms with Crippen molar-refractivity contribution in [2.45, 2.75) is 25.4 Å². The minimum absolute atomic E-state index is 0.347. The number of methoxy groups -OCH3 is 1. The minimum atomic E-state index is -1.08. The molecule has 1 saturated heterocycles. The first kappa shape index (κ1) is 7.90. The van der Waals surface area contributed by atoms with Crippen LogP contribution >= 0.6 is 0 Å². The quantitative estimate of drug-likeness (QED) is 0.459. The van der Waals surface area contributed by atoms with Crippen LogP contribution in [-0.2, 0) is 19.4 Å². The number of rotatable bonds is 2. The average molecular weight is 150 g/mol. The molecular weight excluding hydrogens is 140 g/mol. The first-order valence-corrected chi connectivity index (χ1v) is 2.90. The summed E-state index contributed by atoms with van der Waals surface area (Å²) in [5, 5.41) is 8.28. The lowest BCUT2D eigenvalue weighted by atomic mass is 10.2. The van der Waals surface area contributed by atoms with Gasteiger partial charge in [0.25, 0.3) is 0 Å². The lowest BCUT2D eigenvalue weighted by Gasteiger charge is -2.13. The van der Waals surface area contributed by atoms with E-state index >= 15 is 0 Å². The Morgan fingerprint density at radius 3 is 2.70 bits per heavy atom. The lowest BCUT2D eigenvalue weighted by Crippen LogP contribution is -2.26. The molecular formula is C5H10O5. The number of ether oxygens (including phenoxy) is 1. The van der Waals surface area contributed by atoms with E-state index in [1.807, 2.05) is 0 Å². The van der Waals surface area contributed by atoms with Crippen molar-refractivity contribution in [1.82, 2.24) is 0 Å². The van der Waals surface area contributed by atoms with Gasteiger partial charge < -0.3 is 4.74 Å². The summed E-state index contributed by atoms with van der Waals surface area (Å²) in [6.07, 6.45) is -0.114. The van der Waals surface area contributed by atoms with Crippen LogP contribution in [0.1, 0.15) is 13.3 Å². The maximum absolute atomic E-state index is 8.28. The van der Waals surface area contributed by atoms with Crippen LogP contribution in [0.5, 0.6) is 0 Å². The van der Waals surface area contributed by atoms with E-state index in [4.69, 9.17) is 9.99 Å². The zero-order chi connectivity index (χ0) is 7.61. The predicted molar refractivity (Wildman–Crippen MR) is 29.7 cm³/mol. The SMILES string of the molecule is CO[C@H]1C[C@](C)(OO)OO1. The zero-order valence-corrected chi connectivity index (χ0v) is 5.86. The van der Waals surface area contributed by atoms with E-state index < -0.39 is 12.1 Å². The van der Waals surface area contributed by atoms with Gasteiger partial charge in [0.05, 0.1) is 6.42 Å². The Kier molecular flexibility index (Phi) is 2.22. The van der Waals surface area contributed by atoms with Crippen molar-refractivity contribution >= 4 is 0 Å². The second-order valence-electron chi connectivity index (χ2n) is 2.27. The molecule has 0 spiro atoms. The molecule has 1 N–H and O–H groups in total. The van der Waals surface area contributed by atoms with Gasteiger partial charge in [0.15, 0.2) is 6.29 Å². The summed E-state index contributed by atoms with van der Waals surface area (Å²) in [6, 6.07) is 0. The highest BCUT2D eigenvalue weighted by Gasteiger charge is 2.40. The topological polar surface area (TPSA) is 57.2 Å². The summed E-state index contributed by atoms with van der Waals surface area (Å²) in [5.41, 5.74) is 0. The molecule has 0 bridgehead atoms. The molecule has 0 amide bonds. The monoisotopic (exact) mass is 150 g/mol. The summed E-state index contributed by atoms with van der Waals surface area (Å²) in [6.45, 7) is 1.55. The van der Waals surface area contributed by atoms with Gasteiger partial charge in [0, 0.05) is 7.11 Å². The van der Waals surface area contributed by atoms with Crippen LogP contribution in [0, 0.1) is 0 Å². The highest BCUT2D eigenvalue weighted by Crippen LogP contribution is 2.28. The van der Waals surface area contributed by atoms with Crippen molar-refractivity contribution < 1.29 is 24.7 Å². The predicted octanol–water partition coefficient (Wildman–Crippen LogP) is 0.517. The van der Waals surface area contributed by atoms with Gasteiger partial charge in [-0.25, -0.2) is 15.0 Å². The molecule has 0 aromatic rings. The molecule has 2 atom stereocenters. The Morgan fingerprint density at radius 1 is 1.70 bits per heavy atom. The summed E-state index contributed by atoms with van der Waals surface area (Å²) >= 11 is 0. The third kappa shape index (κ3) is 1.44. The van der Waals surface area contributed by atoms with Crippen LogP contribution in [0.3, 0.4) is 0 Å². The highest BCUT2D eigenvalue weighted by molar-refractivity contribution is 4.65. The van der Waals surface area contributed by atoms with Crippen LogP contribution in [0.25, 0.3) is 0 Å². The fraction of sp³-hybridized carbons (Fsp3) is 1.00. The van der Waals surface area contributed by atoms with Crippen molar-refractivity contribution in [3.8, 4) is 0 Å². The van der Waals surface area contributed by atoms with E-state index in [1.54, 1.807) is 6.92 Å². The van der Waals surface area contributed by atoms with Gasteiger partial charge in [0.2, 0.25) is 5.79 Å². The molecule has 5 heteroatoms. The maximum atomic E-state index is 8.28. The van der Waals surface area contributed by atoms with Crippen molar-refractivity contribution in [3.05, 3.63) is 0 Å². The van der Waals surface area contributed by atoms with Gasteiger partial charge in [-0.05, 0) is 6.92 Å². The van der Waals surface area contributed by atoms with Crippen molar-refractivity contribution in [1.29, 1.82) is 0 Å². The molecule has 0 aromatic carbocycles. The van der Waals surface area contributed by atoms with Crippen molar-refractivity contribution in [2.24, 2.45) is 0 Å². The summed E-state index contributed by atoms with van der Waals surface area (Å²) in [4.78, 5) is 13.2. The molecule has 1 fully saturated rings. The molecule has 1 aliphatic rings. The Morgan fingerprint density at radius 2 is 2.40 bits per heavy atom. The molecule has 0 radical (unpaired) electrons. The summed E-state index contributed by atoms with van der Waals surface area (Å²) in [7, 11) is 1.48. The average Bonchev–Trinajstić information content (AvgIpc) is 2.33. The standard InChI is InChI=1S/C5H10O5/c1-5(9-6)3-4(7-2)8-10-5/h4,6H,3H2,1-2H3/t4-,5-/m1/s1. The van der Waals surface area contributed by atoms with E-state index in [9.17, 15) is 0 Å². The first-order chi connectivity index (χ1) is 4.70. The maximum Gasteiger partial charge on any atom is 0.236 e. The molecule has 10 heavy (non-hydrogen) atoms. The Balaban J connectivity index is 2.41. The second kappa shape index (κ2) is 2.81. The van der Waals surface area contributed by atoms with Crippen molar-refractivity contribution in [2.75, 3.05) is 7.11 Å². The van der Waals surface area contributed by atoms with E-state index in [0.29, 0.717) is 6.42 Å². The minimum Gasteiger partial charge on any atom is -0.353 e. The van der Waals surface area contributed by atoms with Crippen LogP contribution < -0.4 is 0 Å². The van der Waals surface area contributed by atoms with E-state index in [1.165, 1.54) is 7.11 Å². The number of hydrogen-bond donors (Lipinski definition) is 1. The molecule has 0 aromatic heterocycles. The lowest BCUT2D eigenvalue weighted by molar-refractivity contribution is -0.468. The van der Waals surface area contributed by atoms with Gasteiger partial charge in [-0.1, -0.05) is 0 Å². The van der Waals surface area contributed by atoms with Crippen molar-refractivity contribution in [3.63, 3.8) is 0 Å². The molecule has 5 nitrogen and oxygen atoms in total. The smallest absolute Gasteiger partial charge is 0.236 e. The molecule has 1 heterocycles. The van der Waals surface area contributed by atoms with E-state index in [2.05, 4.69) is 14.7 Å². The normalized spacial score (nSPS) is 40.5. The zero-order valence-electron chi connectivity index (χ0n) is 5.86. The van der Waals surface area contributed by atoms with Gasteiger partial charge >= 0.3 is 0 Å². The number of hydrogen-bond acceptors (Lipinski definition) is 5. The second-order valence-corrected chi connectivity index (χ2v) is 2.27. The third-order valence-corrected chi connectivity index (χ3v) is 1.33. The van der Waals surface area contributed by atoms with Crippen LogP contribution in [0.15, 0.2) is 0 Å². The van der Waals surface area contributed by atoms with Crippen LogP contribution in [0.2, 0.25) is 0 Å². The van der Waals surface area contributed by atoms with Gasteiger partial charge in [-0.3, -0.25) is 0 Å².